The van der Waals surface area contributed by atoms with E-state index in [1.165, 1.54) is 0 Å². The first-order valence-corrected chi connectivity index (χ1v) is 8.95. The van der Waals surface area contributed by atoms with Gasteiger partial charge in [-0.15, -0.1) is 0 Å². The molecule has 1 amide bonds. The van der Waals surface area contributed by atoms with Crippen LogP contribution in [0, 0.1) is 13.8 Å². The summed E-state index contributed by atoms with van der Waals surface area (Å²) in [6, 6.07) is 25.5. The van der Waals surface area contributed by atoms with Crippen LogP contribution in [0.4, 0.5) is 5.69 Å². The number of para-hydroxylation sites is 2. The van der Waals surface area contributed by atoms with Crippen molar-refractivity contribution in [1.82, 2.24) is 4.98 Å². The van der Waals surface area contributed by atoms with Gasteiger partial charge in [-0.2, -0.15) is 0 Å². The second-order valence-electron chi connectivity index (χ2n) is 6.71. The minimum absolute atomic E-state index is 0.125. The van der Waals surface area contributed by atoms with Gasteiger partial charge in [0.05, 0.1) is 16.9 Å². The number of carbonyl (C=O) groups excluding carboxylic acids is 1. The summed E-state index contributed by atoms with van der Waals surface area (Å²) in [6.45, 7) is 4.09. The smallest absolute Gasteiger partial charge is 0.255 e. The Labute approximate surface area is 158 Å². The highest BCUT2D eigenvalue weighted by Gasteiger charge is 2.12. The molecule has 1 aromatic heterocycles. The van der Waals surface area contributed by atoms with Crippen molar-refractivity contribution in [3.63, 3.8) is 0 Å². The van der Waals surface area contributed by atoms with Crippen molar-refractivity contribution in [1.29, 1.82) is 0 Å². The fourth-order valence-corrected chi connectivity index (χ4v) is 3.20. The van der Waals surface area contributed by atoms with Crippen LogP contribution in [0.2, 0.25) is 0 Å². The Balaban J connectivity index is 1.73. The number of carbonyl (C=O) groups is 1. The molecule has 0 atom stereocenters. The summed E-state index contributed by atoms with van der Waals surface area (Å²) in [4.78, 5) is 17.5. The van der Waals surface area contributed by atoms with Crippen molar-refractivity contribution in [2.75, 3.05) is 5.32 Å². The number of hydrogen-bond donors (Lipinski definition) is 1. The van der Waals surface area contributed by atoms with Crippen molar-refractivity contribution in [3.05, 3.63) is 95.6 Å². The van der Waals surface area contributed by atoms with Gasteiger partial charge in [0.2, 0.25) is 0 Å². The summed E-state index contributed by atoms with van der Waals surface area (Å²) in [6.07, 6.45) is 0. The van der Waals surface area contributed by atoms with E-state index in [1.54, 1.807) is 0 Å². The number of benzene rings is 3. The topological polar surface area (TPSA) is 42.0 Å². The molecule has 3 aromatic carbocycles. The third-order valence-electron chi connectivity index (χ3n) is 4.69. The molecule has 4 aromatic rings. The van der Waals surface area contributed by atoms with Gasteiger partial charge in [-0.1, -0.05) is 54.1 Å². The first-order chi connectivity index (χ1) is 13.1. The highest BCUT2D eigenvalue weighted by molar-refractivity contribution is 6.06. The number of aromatic nitrogens is 1. The number of anilines is 1. The quantitative estimate of drug-likeness (QED) is 0.508. The minimum atomic E-state index is -0.125. The first-order valence-electron chi connectivity index (χ1n) is 8.95. The van der Waals surface area contributed by atoms with Gasteiger partial charge in [-0.3, -0.25) is 4.79 Å². The Morgan fingerprint density at radius 1 is 0.852 bits per heavy atom. The lowest BCUT2D eigenvalue weighted by molar-refractivity contribution is 0.102. The summed E-state index contributed by atoms with van der Waals surface area (Å²) < 4.78 is 0. The lowest BCUT2D eigenvalue weighted by Crippen LogP contribution is -2.12. The second kappa shape index (κ2) is 7.04. The van der Waals surface area contributed by atoms with E-state index in [1.807, 2.05) is 73.7 Å². The number of fused-ring (bicyclic) bond motifs is 1. The number of amides is 1. The number of rotatable bonds is 3. The predicted octanol–water partition coefficient (Wildman–Crippen LogP) is 5.77. The molecule has 1 N–H and O–H groups in total. The van der Waals surface area contributed by atoms with Gasteiger partial charge < -0.3 is 5.32 Å². The van der Waals surface area contributed by atoms with Crippen LogP contribution in [-0.2, 0) is 0 Å². The summed E-state index contributed by atoms with van der Waals surface area (Å²) in [5.74, 6) is -0.125. The van der Waals surface area contributed by atoms with Gasteiger partial charge >= 0.3 is 0 Å². The van der Waals surface area contributed by atoms with Crippen LogP contribution in [0.15, 0.2) is 78.9 Å². The Morgan fingerprint density at radius 2 is 1.56 bits per heavy atom. The number of aryl methyl sites for hydroxylation is 2. The van der Waals surface area contributed by atoms with Crippen molar-refractivity contribution in [3.8, 4) is 11.3 Å². The zero-order valence-corrected chi connectivity index (χ0v) is 15.4. The molecule has 0 saturated carbocycles. The molecule has 0 aliphatic rings. The first kappa shape index (κ1) is 17.0. The molecule has 132 valence electrons. The van der Waals surface area contributed by atoms with Gasteiger partial charge in [-0.05, 0) is 49.7 Å². The SMILES string of the molecule is Cc1ccc(C(=O)Nc2ccccc2-c2cc(C)c3ccccc3n2)cc1. The van der Waals surface area contributed by atoms with Crippen molar-refractivity contribution in [2.24, 2.45) is 0 Å². The summed E-state index contributed by atoms with van der Waals surface area (Å²) >= 11 is 0. The van der Waals surface area contributed by atoms with Crippen LogP contribution < -0.4 is 5.32 Å². The zero-order valence-electron chi connectivity index (χ0n) is 15.4. The zero-order chi connectivity index (χ0) is 18.8. The van der Waals surface area contributed by atoms with Crippen molar-refractivity contribution < 1.29 is 4.79 Å². The maximum absolute atomic E-state index is 12.7. The molecule has 0 saturated heterocycles. The highest BCUT2D eigenvalue weighted by Crippen LogP contribution is 2.30. The van der Waals surface area contributed by atoms with Gasteiger partial charge in [-0.25, -0.2) is 4.98 Å². The number of nitrogens with one attached hydrogen (secondary N) is 1. The molecule has 0 fully saturated rings. The molecule has 1 heterocycles. The average molecular weight is 352 g/mol. The molecule has 0 spiro atoms. The van der Waals surface area contributed by atoms with Crippen molar-refractivity contribution in [2.45, 2.75) is 13.8 Å². The van der Waals surface area contributed by atoms with Gasteiger partial charge in [0.1, 0.15) is 0 Å². The minimum Gasteiger partial charge on any atom is -0.321 e. The number of hydrogen-bond acceptors (Lipinski definition) is 2. The molecule has 27 heavy (non-hydrogen) atoms. The largest absolute Gasteiger partial charge is 0.321 e. The predicted molar refractivity (Wildman–Crippen MR) is 111 cm³/mol. The summed E-state index contributed by atoms with van der Waals surface area (Å²) in [5, 5.41) is 4.17. The molecule has 3 heteroatoms. The maximum Gasteiger partial charge on any atom is 0.255 e. The van der Waals surface area contributed by atoms with Gasteiger partial charge in [0.25, 0.3) is 5.91 Å². The Hall–Kier alpha value is -3.46. The highest BCUT2D eigenvalue weighted by atomic mass is 16.1. The fourth-order valence-electron chi connectivity index (χ4n) is 3.20. The lowest BCUT2D eigenvalue weighted by Gasteiger charge is -2.12. The Kier molecular flexibility index (Phi) is 4.43. The Bertz CT molecular complexity index is 1130. The third kappa shape index (κ3) is 3.44. The van der Waals surface area contributed by atoms with E-state index in [2.05, 4.69) is 24.4 Å². The molecule has 0 aliphatic heterocycles. The molecular weight excluding hydrogens is 332 g/mol. The standard InChI is InChI=1S/C24H20N2O/c1-16-11-13-18(14-12-16)24(27)26-22-10-6-4-8-20(22)23-15-17(2)19-7-3-5-9-21(19)25-23/h3-15H,1-2H3,(H,26,27). The van der Waals surface area contributed by atoms with E-state index in [0.29, 0.717) is 5.56 Å². The summed E-state index contributed by atoms with van der Waals surface area (Å²) in [7, 11) is 0. The monoisotopic (exact) mass is 352 g/mol. The molecular formula is C24H20N2O. The van der Waals surface area contributed by atoms with Crippen LogP contribution in [0.5, 0.6) is 0 Å². The van der Waals surface area contributed by atoms with Gasteiger partial charge in [0.15, 0.2) is 0 Å². The van der Waals surface area contributed by atoms with E-state index in [9.17, 15) is 4.79 Å². The molecule has 0 bridgehead atoms. The summed E-state index contributed by atoms with van der Waals surface area (Å²) in [5.41, 5.74) is 6.39. The van der Waals surface area contributed by atoms with Crippen LogP contribution in [0.1, 0.15) is 21.5 Å². The lowest BCUT2D eigenvalue weighted by atomic mass is 10.0. The van der Waals surface area contributed by atoms with Crippen LogP contribution in [-0.4, -0.2) is 10.9 Å². The number of pyridine rings is 1. The van der Waals surface area contributed by atoms with Crippen LogP contribution in [0.25, 0.3) is 22.2 Å². The molecule has 3 nitrogen and oxygen atoms in total. The third-order valence-corrected chi connectivity index (χ3v) is 4.69. The Morgan fingerprint density at radius 3 is 2.37 bits per heavy atom. The maximum atomic E-state index is 12.7. The molecule has 0 unspecified atom stereocenters. The molecule has 0 radical (unpaired) electrons. The van der Waals surface area contributed by atoms with E-state index < -0.39 is 0 Å². The average Bonchev–Trinajstić information content (AvgIpc) is 2.69. The molecule has 0 aliphatic carbocycles. The van der Waals surface area contributed by atoms with E-state index in [0.717, 1.165) is 39.0 Å². The van der Waals surface area contributed by atoms with Crippen molar-refractivity contribution >= 4 is 22.5 Å². The van der Waals surface area contributed by atoms with E-state index in [-0.39, 0.29) is 5.91 Å². The second-order valence-corrected chi connectivity index (χ2v) is 6.71. The number of nitrogens with zero attached hydrogens (tertiary/aromatic N) is 1. The van der Waals surface area contributed by atoms with Crippen LogP contribution in [0.3, 0.4) is 0 Å². The fraction of sp³-hybridized carbons (Fsp3) is 0.0833. The normalized spacial score (nSPS) is 10.7. The van der Waals surface area contributed by atoms with Crippen LogP contribution >= 0.6 is 0 Å². The van der Waals surface area contributed by atoms with E-state index >= 15 is 0 Å². The van der Waals surface area contributed by atoms with Gasteiger partial charge in [0, 0.05) is 16.5 Å². The molecule has 4 rings (SSSR count). The van der Waals surface area contributed by atoms with E-state index in [4.69, 9.17) is 4.98 Å².